The van der Waals surface area contributed by atoms with E-state index in [0.29, 0.717) is 5.92 Å². The average molecular weight is 332 g/mol. The lowest BCUT2D eigenvalue weighted by Gasteiger charge is -2.17. The molecule has 0 radical (unpaired) electrons. The molecule has 124 valence electrons. The SMILES string of the molecule is CCC(C)c1ccc(CNC)c(Oc2ccc(Cl)c(C)c2C)c1. The summed E-state index contributed by atoms with van der Waals surface area (Å²) in [5.74, 6) is 2.31. The van der Waals surface area contributed by atoms with Crippen LogP contribution in [0.5, 0.6) is 11.5 Å². The van der Waals surface area contributed by atoms with Gasteiger partial charge in [-0.15, -0.1) is 0 Å². The van der Waals surface area contributed by atoms with E-state index in [9.17, 15) is 0 Å². The number of rotatable bonds is 6. The third-order valence-electron chi connectivity index (χ3n) is 4.53. The highest BCUT2D eigenvalue weighted by Gasteiger charge is 2.12. The summed E-state index contributed by atoms with van der Waals surface area (Å²) in [7, 11) is 1.95. The monoisotopic (exact) mass is 331 g/mol. The zero-order valence-electron chi connectivity index (χ0n) is 14.7. The van der Waals surface area contributed by atoms with Crippen LogP contribution in [0.3, 0.4) is 0 Å². The van der Waals surface area contributed by atoms with E-state index < -0.39 is 0 Å². The van der Waals surface area contributed by atoms with E-state index in [1.54, 1.807) is 0 Å². The quantitative estimate of drug-likeness (QED) is 0.702. The minimum Gasteiger partial charge on any atom is -0.457 e. The summed E-state index contributed by atoms with van der Waals surface area (Å²) < 4.78 is 6.27. The average Bonchev–Trinajstić information content (AvgIpc) is 2.56. The Morgan fingerprint density at radius 1 is 1.09 bits per heavy atom. The number of hydrogen-bond donors (Lipinski definition) is 1. The summed E-state index contributed by atoms with van der Waals surface area (Å²) in [5.41, 5.74) is 4.62. The number of halogens is 1. The van der Waals surface area contributed by atoms with Crippen LogP contribution in [0.4, 0.5) is 0 Å². The normalized spacial score (nSPS) is 12.3. The molecule has 0 saturated carbocycles. The van der Waals surface area contributed by atoms with Crippen LogP contribution in [-0.4, -0.2) is 7.05 Å². The second-order valence-electron chi connectivity index (χ2n) is 6.10. The maximum Gasteiger partial charge on any atom is 0.132 e. The largest absolute Gasteiger partial charge is 0.457 e. The fourth-order valence-electron chi connectivity index (χ4n) is 2.54. The molecule has 2 nitrogen and oxygen atoms in total. The third kappa shape index (κ3) is 4.07. The Kier molecular flexibility index (Phi) is 6.09. The topological polar surface area (TPSA) is 21.3 Å². The molecule has 0 aliphatic heterocycles. The first-order chi connectivity index (χ1) is 11.0. The van der Waals surface area contributed by atoms with E-state index in [2.05, 4.69) is 37.4 Å². The van der Waals surface area contributed by atoms with E-state index in [0.717, 1.165) is 46.2 Å². The minimum atomic E-state index is 0.522. The van der Waals surface area contributed by atoms with Crippen LogP contribution < -0.4 is 10.1 Å². The molecule has 0 aromatic heterocycles. The van der Waals surface area contributed by atoms with E-state index in [-0.39, 0.29) is 0 Å². The van der Waals surface area contributed by atoms with E-state index in [1.807, 2.05) is 33.0 Å². The van der Waals surface area contributed by atoms with Crippen LogP contribution in [0.1, 0.15) is 48.4 Å². The summed E-state index contributed by atoms with van der Waals surface area (Å²) >= 11 is 6.19. The lowest BCUT2D eigenvalue weighted by Crippen LogP contribution is -2.07. The molecule has 23 heavy (non-hydrogen) atoms. The smallest absolute Gasteiger partial charge is 0.132 e. The second-order valence-corrected chi connectivity index (χ2v) is 6.51. The van der Waals surface area contributed by atoms with Crippen molar-refractivity contribution in [1.29, 1.82) is 0 Å². The van der Waals surface area contributed by atoms with Crippen molar-refractivity contribution in [2.75, 3.05) is 7.05 Å². The molecule has 1 atom stereocenters. The van der Waals surface area contributed by atoms with Gasteiger partial charge in [-0.05, 0) is 68.1 Å². The Labute approximate surface area is 144 Å². The molecule has 0 saturated heterocycles. The molecule has 0 spiro atoms. The van der Waals surface area contributed by atoms with Crippen molar-refractivity contribution in [2.24, 2.45) is 0 Å². The fraction of sp³-hybridized carbons (Fsp3) is 0.400. The third-order valence-corrected chi connectivity index (χ3v) is 4.94. The van der Waals surface area contributed by atoms with Crippen LogP contribution in [0.25, 0.3) is 0 Å². The van der Waals surface area contributed by atoms with Crippen LogP contribution in [0, 0.1) is 13.8 Å². The lowest BCUT2D eigenvalue weighted by molar-refractivity contribution is 0.469. The molecule has 0 fully saturated rings. The maximum atomic E-state index is 6.27. The van der Waals surface area contributed by atoms with Gasteiger partial charge in [-0.2, -0.15) is 0 Å². The van der Waals surface area contributed by atoms with Crippen LogP contribution in [0.2, 0.25) is 5.02 Å². The van der Waals surface area contributed by atoms with Crippen molar-refractivity contribution in [3.8, 4) is 11.5 Å². The number of hydrogen-bond acceptors (Lipinski definition) is 2. The molecule has 0 bridgehead atoms. The Bertz CT molecular complexity index is 682. The highest BCUT2D eigenvalue weighted by atomic mass is 35.5. The van der Waals surface area contributed by atoms with Gasteiger partial charge in [0.25, 0.3) is 0 Å². The van der Waals surface area contributed by atoms with Crippen molar-refractivity contribution in [3.63, 3.8) is 0 Å². The first-order valence-electron chi connectivity index (χ1n) is 8.18. The summed E-state index contributed by atoms with van der Waals surface area (Å²) in [6.07, 6.45) is 1.11. The van der Waals surface area contributed by atoms with Gasteiger partial charge >= 0.3 is 0 Å². The molecule has 3 heteroatoms. The second kappa shape index (κ2) is 7.85. The predicted molar refractivity (Wildman–Crippen MR) is 98.9 cm³/mol. The molecule has 2 aromatic rings. The molecule has 2 aromatic carbocycles. The van der Waals surface area contributed by atoms with Crippen molar-refractivity contribution >= 4 is 11.6 Å². The van der Waals surface area contributed by atoms with Gasteiger partial charge in [-0.3, -0.25) is 0 Å². The van der Waals surface area contributed by atoms with Gasteiger partial charge in [0.1, 0.15) is 11.5 Å². The van der Waals surface area contributed by atoms with Gasteiger partial charge in [0.15, 0.2) is 0 Å². The lowest BCUT2D eigenvalue weighted by atomic mass is 9.97. The van der Waals surface area contributed by atoms with Gasteiger partial charge in [-0.25, -0.2) is 0 Å². The van der Waals surface area contributed by atoms with Crippen molar-refractivity contribution in [3.05, 3.63) is 57.6 Å². The predicted octanol–water partition coefficient (Wildman–Crippen LogP) is 5.98. The van der Waals surface area contributed by atoms with Crippen LogP contribution in [-0.2, 0) is 6.54 Å². The van der Waals surface area contributed by atoms with E-state index in [4.69, 9.17) is 16.3 Å². The van der Waals surface area contributed by atoms with Crippen molar-refractivity contribution < 1.29 is 4.74 Å². The van der Waals surface area contributed by atoms with Crippen LogP contribution >= 0.6 is 11.6 Å². The van der Waals surface area contributed by atoms with Crippen LogP contribution in [0.15, 0.2) is 30.3 Å². The molecule has 0 aliphatic carbocycles. The van der Waals surface area contributed by atoms with Gasteiger partial charge in [-0.1, -0.05) is 37.6 Å². The molecule has 1 unspecified atom stereocenters. The fourth-order valence-corrected chi connectivity index (χ4v) is 2.74. The first-order valence-corrected chi connectivity index (χ1v) is 8.56. The van der Waals surface area contributed by atoms with E-state index >= 15 is 0 Å². The summed E-state index contributed by atoms with van der Waals surface area (Å²) in [6.45, 7) is 9.30. The Hall–Kier alpha value is -1.51. The Balaban J connectivity index is 2.42. The molecule has 1 N–H and O–H groups in total. The van der Waals surface area contributed by atoms with Gasteiger partial charge < -0.3 is 10.1 Å². The molecular formula is C20H26ClNO. The molecular weight excluding hydrogens is 306 g/mol. The van der Waals surface area contributed by atoms with Gasteiger partial charge in [0.05, 0.1) is 0 Å². The summed E-state index contributed by atoms with van der Waals surface area (Å²) in [4.78, 5) is 0. The molecule has 2 rings (SSSR count). The van der Waals surface area contributed by atoms with Crippen molar-refractivity contribution in [2.45, 2.75) is 46.6 Å². The Morgan fingerprint density at radius 2 is 1.83 bits per heavy atom. The highest BCUT2D eigenvalue weighted by Crippen LogP contribution is 2.34. The zero-order chi connectivity index (χ0) is 17.0. The zero-order valence-corrected chi connectivity index (χ0v) is 15.4. The highest BCUT2D eigenvalue weighted by molar-refractivity contribution is 6.31. The standard InChI is InChI=1S/C20H26ClNO/c1-6-13(2)16-7-8-17(12-22-5)20(11-16)23-19-10-9-18(21)14(3)15(19)4/h7-11,13,22H,6,12H2,1-5H3. The summed E-state index contributed by atoms with van der Waals surface area (Å²) in [5, 5.41) is 3.98. The summed E-state index contributed by atoms with van der Waals surface area (Å²) in [6, 6.07) is 10.4. The first kappa shape index (κ1) is 17.8. The maximum absolute atomic E-state index is 6.27. The number of nitrogens with one attached hydrogen (secondary N) is 1. The number of ether oxygens (including phenoxy) is 1. The van der Waals surface area contributed by atoms with Gasteiger partial charge in [0, 0.05) is 17.1 Å². The number of benzene rings is 2. The Morgan fingerprint density at radius 3 is 2.48 bits per heavy atom. The minimum absolute atomic E-state index is 0.522. The molecule has 0 heterocycles. The molecule has 0 aliphatic rings. The van der Waals surface area contributed by atoms with Crippen molar-refractivity contribution in [1.82, 2.24) is 5.32 Å². The molecule has 0 amide bonds. The van der Waals surface area contributed by atoms with E-state index in [1.165, 1.54) is 5.56 Å². The van der Waals surface area contributed by atoms with Gasteiger partial charge in [0.2, 0.25) is 0 Å².